The SMILES string of the molecule is Cc1nc(N)ncc1C#CCN=[N+]=[N-]. The Balaban J connectivity index is 2.84. The van der Waals surface area contributed by atoms with Gasteiger partial charge in [0.2, 0.25) is 5.95 Å². The van der Waals surface area contributed by atoms with Crippen molar-refractivity contribution in [3.63, 3.8) is 0 Å². The number of azide groups is 1. The normalized spacial score (nSPS) is 8.36. The van der Waals surface area contributed by atoms with Crippen molar-refractivity contribution in [3.8, 4) is 11.8 Å². The van der Waals surface area contributed by atoms with Gasteiger partial charge in [0.1, 0.15) is 0 Å². The molecule has 1 aromatic rings. The maximum absolute atomic E-state index is 8.00. The lowest BCUT2D eigenvalue weighted by molar-refractivity contribution is 1.10. The quantitative estimate of drug-likeness (QED) is 0.308. The summed E-state index contributed by atoms with van der Waals surface area (Å²) in [5.74, 6) is 5.68. The molecule has 2 N–H and O–H groups in total. The van der Waals surface area contributed by atoms with E-state index in [0.29, 0.717) is 11.3 Å². The van der Waals surface area contributed by atoms with Crippen LogP contribution in [-0.2, 0) is 0 Å². The molecule has 0 fully saturated rings. The highest BCUT2D eigenvalue weighted by atomic mass is 15.1. The van der Waals surface area contributed by atoms with Gasteiger partial charge in [0.05, 0.1) is 17.8 Å². The van der Waals surface area contributed by atoms with Crippen molar-refractivity contribution in [1.82, 2.24) is 9.97 Å². The van der Waals surface area contributed by atoms with Crippen molar-refractivity contribution < 1.29 is 0 Å². The fraction of sp³-hybridized carbons (Fsp3) is 0.250. The highest BCUT2D eigenvalue weighted by Crippen LogP contribution is 2.02. The standard InChI is InChI=1S/C8H8N6/c1-6-7(3-2-4-12-14-10)5-11-8(9)13-6/h5H,4H2,1H3,(H2,9,11,13). The van der Waals surface area contributed by atoms with Gasteiger partial charge in [-0.1, -0.05) is 17.0 Å². The molecule has 0 unspecified atom stereocenters. The van der Waals surface area contributed by atoms with Gasteiger partial charge in [-0.05, 0) is 12.5 Å². The number of aryl methyl sites for hydroxylation is 1. The fourth-order valence-corrected chi connectivity index (χ4v) is 0.809. The number of nitrogen functional groups attached to an aromatic ring is 1. The molecule has 0 aliphatic carbocycles. The Morgan fingerprint density at radius 2 is 2.50 bits per heavy atom. The molecule has 0 aromatic carbocycles. The second-order valence-electron chi connectivity index (χ2n) is 2.42. The van der Waals surface area contributed by atoms with E-state index >= 15 is 0 Å². The van der Waals surface area contributed by atoms with Crippen LogP contribution in [0.4, 0.5) is 5.95 Å². The van der Waals surface area contributed by atoms with Crippen molar-refractivity contribution in [2.75, 3.05) is 12.3 Å². The lowest BCUT2D eigenvalue weighted by atomic mass is 10.2. The van der Waals surface area contributed by atoms with Crippen LogP contribution in [-0.4, -0.2) is 16.5 Å². The van der Waals surface area contributed by atoms with Crippen LogP contribution in [0.2, 0.25) is 0 Å². The molecule has 1 aromatic heterocycles. The number of hydrogen-bond acceptors (Lipinski definition) is 4. The first-order valence-electron chi connectivity index (χ1n) is 3.83. The Bertz CT molecular complexity index is 435. The molecule has 1 rings (SSSR count). The summed E-state index contributed by atoms with van der Waals surface area (Å²) in [6.45, 7) is 1.93. The summed E-state index contributed by atoms with van der Waals surface area (Å²) in [5.41, 5.74) is 14.8. The Kier molecular flexibility index (Phi) is 3.30. The number of nitrogens with two attached hydrogens (primary N) is 1. The van der Waals surface area contributed by atoms with Crippen LogP contribution in [0.1, 0.15) is 11.3 Å². The number of anilines is 1. The molecule has 0 saturated heterocycles. The molecule has 0 amide bonds. The average Bonchev–Trinajstić information content (AvgIpc) is 2.15. The monoisotopic (exact) mass is 188 g/mol. The fourth-order valence-electron chi connectivity index (χ4n) is 0.809. The predicted octanol–water partition coefficient (Wildman–Crippen LogP) is 1.03. The van der Waals surface area contributed by atoms with Gasteiger partial charge < -0.3 is 5.73 Å². The van der Waals surface area contributed by atoms with Crippen LogP contribution >= 0.6 is 0 Å². The zero-order valence-corrected chi connectivity index (χ0v) is 7.60. The smallest absolute Gasteiger partial charge is 0.220 e. The largest absolute Gasteiger partial charge is 0.368 e. The second kappa shape index (κ2) is 4.70. The Hall–Kier alpha value is -2.25. The Morgan fingerprint density at radius 1 is 1.71 bits per heavy atom. The maximum atomic E-state index is 8.00. The number of nitrogens with zero attached hydrogens (tertiary/aromatic N) is 5. The molecule has 0 aliphatic heterocycles. The van der Waals surface area contributed by atoms with Crippen LogP contribution in [0.5, 0.6) is 0 Å². The highest BCUT2D eigenvalue weighted by molar-refractivity contribution is 5.38. The molecule has 0 saturated carbocycles. The second-order valence-corrected chi connectivity index (χ2v) is 2.42. The first kappa shape index (κ1) is 9.84. The number of hydrogen-bond donors (Lipinski definition) is 1. The van der Waals surface area contributed by atoms with Gasteiger partial charge in [-0.3, -0.25) is 0 Å². The van der Waals surface area contributed by atoms with E-state index in [1.54, 1.807) is 13.1 Å². The number of aromatic nitrogens is 2. The molecule has 70 valence electrons. The Morgan fingerprint density at radius 3 is 3.14 bits per heavy atom. The molecule has 1 heterocycles. The zero-order valence-electron chi connectivity index (χ0n) is 7.60. The third kappa shape index (κ3) is 2.66. The number of rotatable bonds is 1. The van der Waals surface area contributed by atoms with Crippen molar-refractivity contribution >= 4 is 5.95 Å². The van der Waals surface area contributed by atoms with Crippen molar-refractivity contribution in [2.45, 2.75) is 6.92 Å². The molecule has 6 heteroatoms. The summed E-state index contributed by atoms with van der Waals surface area (Å²) in [7, 11) is 0. The summed E-state index contributed by atoms with van der Waals surface area (Å²) in [4.78, 5) is 10.3. The molecular weight excluding hydrogens is 180 g/mol. The van der Waals surface area contributed by atoms with E-state index in [1.165, 1.54) is 0 Å². The minimum atomic E-state index is 0.139. The van der Waals surface area contributed by atoms with Crippen molar-refractivity contribution in [3.05, 3.63) is 27.9 Å². The topological polar surface area (TPSA) is 101 Å². The minimum Gasteiger partial charge on any atom is -0.368 e. The zero-order chi connectivity index (χ0) is 10.4. The molecular formula is C8H8N6. The minimum absolute atomic E-state index is 0.139. The predicted molar refractivity (Wildman–Crippen MR) is 52.1 cm³/mol. The van der Waals surface area contributed by atoms with Crippen molar-refractivity contribution in [1.29, 1.82) is 0 Å². The molecule has 14 heavy (non-hydrogen) atoms. The maximum Gasteiger partial charge on any atom is 0.220 e. The van der Waals surface area contributed by atoms with E-state index in [0.717, 1.165) is 0 Å². The van der Waals surface area contributed by atoms with Gasteiger partial charge in [-0.2, -0.15) is 0 Å². The van der Waals surface area contributed by atoms with E-state index in [-0.39, 0.29) is 12.5 Å². The van der Waals surface area contributed by atoms with E-state index < -0.39 is 0 Å². The summed E-state index contributed by atoms with van der Waals surface area (Å²) >= 11 is 0. The third-order valence-corrected chi connectivity index (χ3v) is 1.43. The molecule has 6 nitrogen and oxygen atoms in total. The van der Waals surface area contributed by atoms with Gasteiger partial charge in [0.15, 0.2) is 0 Å². The first-order valence-corrected chi connectivity index (χ1v) is 3.83. The molecule has 0 atom stereocenters. The van der Waals surface area contributed by atoms with Crippen LogP contribution in [0.15, 0.2) is 11.3 Å². The van der Waals surface area contributed by atoms with Crippen LogP contribution in [0.25, 0.3) is 10.4 Å². The van der Waals surface area contributed by atoms with Gasteiger partial charge in [0.25, 0.3) is 0 Å². The average molecular weight is 188 g/mol. The van der Waals surface area contributed by atoms with E-state index in [4.69, 9.17) is 11.3 Å². The molecule has 0 bridgehead atoms. The summed E-state index contributed by atoms with van der Waals surface area (Å²) in [6.07, 6.45) is 1.54. The van der Waals surface area contributed by atoms with E-state index in [1.807, 2.05) is 0 Å². The van der Waals surface area contributed by atoms with Gasteiger partial charge in [0, 0.05) is 11.1 Å². The molecule has 0 aliphatic rings. The third-order valence-electron chi connectivity index (χ3n) is 1.43. The van der Waals surface area contributed by atoms with E-state index in [2.05, 4.69) is 31.8 Å². The van der Waals surface area contributed by atoms with Gasteiger partial charge >= 0.3 is 0 Å². The van der Waals surface area contributed by atoms with Crippen LogP contribution in [0.3, 0.4) is 0 Å². The summed E-state index contributed by atoms with van der Waals surface area (Å²) in [5, 5.41) is 3.28. The van der Waals surface area contributed by atoms with Gasteiger partial charge in [-0.15, -0.1) is 0 Å². The first-order chi connectivity index (χ1) is 6.74. The summed E-state index contributed by atoms with van der Waals surface area (Å²) < 4.78 is 0. The summed E-state index contributed by atoms with van der Waals surface area (Å²) in [6, 6.07) is 0. The van der Waals surface area contributed by atoms with Crippen molar-refractivity contribution in [2.24, 2.45) is 5.11 Å². The molecule has 0 spiro atoms. The lowest BCUT2D eigenvalue weighted by Gasteiger charge is -1.96. The van der Waals surface area contributed by atoms with Crippen LogP contribution in [0, 0.1) is 18.8 Å². The lowest BCUT2D eigenvalue weighted by Crippen LogP contribution is -1.98. The van der Waals surface area contributed by atoms with Crippen LogP contribution < -0.4 is 5.73 Å². The Labute approximate surface area is 80.8 Å². The van der Waals surface area contributed by atoms with E-state index in [9.17, 15) is 0 Å². The highest BCUT2D eigenvalue weighted by Gasteiger charge is 1.96. The molecule has 0 radical (unpaired) electrons. The van der Waals surface area contributed by atoms with Gasteiger partial charge in [-0.25, -0.2) is 9.97 Å².